The average molecular weight is 163 g/mol. The van der Waals surface area contributed by atoms with Gasteiger partial charge in [-0.15, -0.1) is 0 Å². The summed E-state index contributed by atoms with van der Waals surface area (Å²) in [6.45, 7) is 15.2. The first-order chi connectivity index (χ1) is 5.57. The Balaban J connectivity index is 4.24. The van der Waals surface area contributed by atoms with Crippen LogP contribution in [0.3, 0.4) is 0 Å². The number of hydrogen-bond acceptors (Lipinski definition) is 0. The largest absolute Gasteiger partial charge is 0.242 e. The smallest absolute Gasteiger partial charge is 0.168 e. The minimum absolute atomic E-state index is 0.333. The van der Waals surface area contributed by atoms with Gasteiger partial charge in [0.1, 0.15) is 0 Å². The Labute approximate surface area is 75.6 Å². The highest BCUT2D eigenvalue weighted by Gasteiger charge is 1.99. The van der Waals surface area contributed by atoms with Crippen LogP contribution in [0.25, 0.3) is 4.85 Å². The van der Waals surface area contributed by atoms with E-state index < -0.39 is 0 Å². The fourth-order valence-corrected chi connectivity index (χ4v) is 0.735. The summed E-state index contributed by atoms with van der Waals surface area (Å²) in [6.07, 6.45) is 5.96. The molecule has 0 saturated carbocycles. The average Bonchev–Trinajstić information content (AvgIpc) is 1.96. The SMILES string of the molecule is [C-]#[N+]/C(=C/C=C\C(C)C)C(C)C. The molecular formula is C11H17N. The van der Waals surface area contributed by atoms with Gasteiger partial charge >= 0.3 is 0 Å². The standard InChI is InChI=1S/C11H17N/c1-9(2)7-6-8-11(12-5)10(3)4/h6-10H,1-4H3/b7-6-,11-8+. The van der Waals surface area contributed by atoms with E-state index in [1.165, 1.54) is 0 Å². The van der Waals surface area contributed by atoms with Gasteiger partial charge in [-0.05, 0) is 11.8 Å². The fraction of sp³-hybridized carbons (Fsp3) is 0.545. The summed E-state index contributed by atoms with van der Waals surface area (Å²) in [7, 11) is 0. The zero-order chi connectivity index (χ0) is 9.56. The lowest BCUT2D eigenvalue weighted by Gasteiger charge is -1.98. The lowest BCUT2D eigenvalue weighted by atomic mass is 10.1. The molecule has 0 amide bonds. The third-order valence-electron chi connectivity index (χ3n) is 1.48. The van der Waals surface area contributed by atoms with Crippen molar-refractivity contribution in [3.63, 3.8) is 0 Å². The van der Waals surface area contributed by atoms with Crippen LogP contribution in [0.5, 0.6) is 0 Å². The molecule has 0 fully saturated rings. The molecule has 0 heterocycles. The van der Waals surface area contributed by atoms with Crippen LogP contribution >= 0.6 is 0 Å². The van der Waals surface area contributed by atoms with Crippen LogP contribution in [0.2, 0.25) is 0 Å². The Bertz CT molecular complexity index is 214. The van der Waals surface area contributed by atoms with Gasteiger partial charge < -0.3 is 0 Å². The van der Waals surface area contributed by atoms with E-state index in [0.717, 1.165) is 5.70 Å². The molecule has 12 heavy (non-hydrogen) atoms. The first-order valence-corrected chi connectivity index (χ1v) is 4.33. The molecule has 0 aromatic carbocycles. The van der Waals surface area contributed by atoms with Crippen LogP contribution in [0, 0.1) is 18.4 Å². The topological polar surface area (TPSA) is 4.36 Å². The lowest BCUT2D eigenvalue weighted by molar-refractivity contribution is 0.789. The summed E-state index contributed by atoms with van der Waals surface area (Å²) in [6, 6.07) is 0. The minimum atomic E-state index is 0.333. The van der Waals surface area contributed by atoms with Gasteiger partial charge in [0, 0.05) is 0 Å². The van der Waals surface area contributed by atoms with E-state index in [2.05, 4.69) is 24.8 Å². The van der Waals surface area contributed by atoms with Crippen molar-refractivity contribution in [3.8, 4) is 0 Å². The molecule has 0 aliphatic rings. The Morgan fingerprint density at radius 2 is 1.83 bits per heavy atom. The zero-order valence-electron chi connectivity index (χ0n) is 8.33. The number of rotatable bonds is 3. The molecule has 0 unspecified atom stereocenters. The van der Waals surface area contributed by atoms with Gasteiger partial charge in [0.15, 0.2) is 5.70 Å². The molecule has 0 aromatic rings. The Morgan fingerprint density at radius 3 is 2.17 bits per heavy atom. The number of allylic oxidation sites excluding steroid dienone is 4. The quantitative estimate of drug-likeness (QED) is 0.442. The fourth-order valence-electron chi connectivity index (χ4n) is 0.735. The van der Waals surface area contributed by atoms with Crippen LogP contribution in [0.15, 0.2) is 23.9 Å². The molecule has 0 aliphatic carbocycles. The minimum Gasteiger partial charge on any atom is -0.242 e. The molecule has 0 bridgehead atoms. The molecule has 0 radical (unpaired) electrons. The zero-order valence-corrected chi connectivity index (χ0v) is 8.33. The highest BCUT2D eigenvalue weighted by molar-refractivity contribution is 5.19. The van der Waals surface area contributed by atoms with Crippen molar-refractivity contribution in [3.05, 3.63) is 35.3 Å². The van der Waals surface area contributed by atoms with Crippen molar-refractivity contribution in [2.75, 3.05) is 0 Å². The lowest BCUT2D eigenvalue weighted by Crippen LogP contribution is -1.87. The van der Waals surface area contributed by atoms with Crippen molar-refractivity contribution < 1.29 is 0 Å². The third-order valence-corrected chi connectivity index (χ3v) is 1.48. The molecule has 66 valence electrons. The number of hydrogen-bond donors (Lipinski definition) is 0. The second kappa shape index (κ2) is 5.60. The van der Waals surface area contributed by atoms with E-state index >= 15 is 0 Å². The maximum Gasteiger partial charge on any atom is 0.168 e. The first kappa shape index (κ1) is 11.0. The Kier molecular flexibility index (Phi) is 5.12. The summed E-state index contributed by atoms with van der Waals surface area (Å²) in [5.41, 5.74) is 0.826. The molecule has 0 aliphatic heterocycles. The predicted molar refractivity (Wildman–Crippen MR) is 53.5 cm³/mol. The monoisotopic (exact) mass is 163 g/mol. The first-order valence-electron chi connectivity index (χ1n) is 4.33. The van der Waals surface area contributed by atoms with Crippen LogP contribution in [-0.4, -0.2) is 0 Å². The van der Waals surface area contributed by atoms with E-state index in [1.54, 1.807) is 0 Å². The molecular weight excluding hydrogens is 146 g/mol. The molecule has 0 aromatic heterocycles. The molecule has 0 rings (SSSR count). The summed E-state index contributed by atoms with van der Waals surface area (Å²) >= 11 is 0. The van der Waals surface area contributed by atoms with Crippen LogP contribution < -0.4 is 0 Å². The van der Waals surface area contributed by atoms with Gasteiger partial charge in [0.05, 0.1) is 6.57 Å². The molecule has 0 saturated heterocycles. The molecule has 0 atom stereocenters. The molecule has 0 spiro atoms. The van der Waals surface area contributed by atoms with Gasteiger partial charge in [0.25, 0.3) is 0 Å². The van der Waals surface area contributed by atoms with Crippen molar-refractivity contribution in [1.29, 1.82) is 0 Å². The second-order valence-electron chi connectivity index (χ2n) is 3.49. The van der Waals surface area contributed by atoms with Crippen LogP contribution in [0.4, 0.5) is 0 Å². The third kappa shape index (κ3) is 4.73. The predicted octanol–water partition coefficient (Wildman–Crippen LogP) is 3.66. The summed E-state index contributed by atoms with van der Waals surface area (Å²) in [5.74, 6) is 0.889. The van der Waals surface area contributed by atoms with Crippen molar-refractivity contribution in [2.24, 2.45) is 11.8 Å². The molecule has 1 heteroatoms. The van der Waals surface area contributed by atoms with Crippen LogP contribution in [-0.2, 0) is 0 Å². The Hall–Kier alpha value is -1.03. The van der Waals surface area contributed by atoms with E-state index in [-0.39, 0.29) is 0 Å². The number of nitrogens with zero attached hydrogens (tertiary/aromatic N) is 1. The summed E-state index contributed by atoms with van der Waals surface area (Å²) < 4.78 is 0. The Morgan fingerprint density at radius 1 is 1.25 bits per heavy atom. The van der Waals surface area contributed by atoms with Gasteiger partial charge in [-0.1, -0.05) is 45.9 Å². The van der Waals surface area contributed by atoms with Crippen molar-refractivity contribution in [1.82, 2.24) is 0 Å². The highest BCUT2D eigenvalue weighted by atomic mass is 14.7. The van der Waals surface area contributed by atoms with E-state index in [9.17, 15) is 0 Å². The van der Waals surface area contributed by atoms with Gasteiger partial charge in [-0.3, -0.25) is 0 Å². The van der Waals surface area contributed by atoms with Gasteiger partial charge in [-0.2, -0.15) is 0 Å². The maximum absolute atomic E-state index is 6.90. The van der Waals surface area contributed by atoms with Gasteiger partial charge in [0.2, 0.25) is 0 Å². The second-order valence-corrected chi connectivity index (χ2v) is 3.49. The van der Waals surface area contributed by atoms with E-state index in [0.29, 0.717) is 11.8 Å². The van der Waals surface area contributed by atoms with E-state index in [1.807, 2.05) is 26.0 Å². The maximum atomic E-state index is 6.90. The van der Waals surface area contributed by atoms with Crippen molar-refractivity contribution >= 4 is 0 Å². The van der Waals surface area contributed by atoms with Crippen molar-refractivity contribution in [2.45, 2.75) is 27.7 Å². The normalized spacial score (nSPS) is 12.9. The van der Waals surface area contributed by atoms with Crippen LogP contribution in [0.1, 0.15) is 27.7 Å². The molecule has 1 nitrogen and oxygen atoms in total. The summed E-state index contributed by atoms with van der Waals surface area (Å²) in [5, 5.41) is 0. The molecule has 0 N–H and O–H groups in total. The van der Waals surface area contributed by atoms with E-state index in [4.69, 9.17) is 6.57 Å². The highest BCUT2D eigenvalue weighted by Crippen LogP contribution is 2.10. The van der Waals surface area contributed by atoms with Gasteiger partial charge in [-0.25, -0.2) is 4.85 Å². The summed E-state index contributed by atoms with van der Waals surface area (Å²) in [4.78, 5) is 3.44.